The first-order valence-electron chi connectivity index (χ1n) is 5.24. The number of aryl methyl sites for hydroxylation is 1. The summed E-state index contributed by atoms with van der Waals surface area (Å²) < 4.78 is 15.7. The van der Waals surface area contributed by atoms with Gasteiger partial charge in [0.25, 0.3) is 0 Å². The molecule has 0 saturated heterocycles. The first-order chi connectivity index (χ1) is 8.22. The molecule has 1 aliphatic rings. The normalized spacial score (nSPS) is 12.8. The van der Waals surface area contributed by atoms with Crippen LogP contribution in [0.2, 0.25) is 0 Å². The summed E-state index contributed by atoms with van der Waals surface area (Å²) in [6.45, 7) is 2.09. The van der Waals surface area contributed by atoms with Crippen molar-refractivity contribution < 1.29 is 13.9 Å². The SMILES string of the molecule is Cc1cc(-c2ccc3c(c2)OCO3)oc(=O)c1. The Morgan fingerprint density at radius 2 is 1.88 bits per heavy atom. The Bertz CT molecular complexity index is 628. The van der Waals surface area contributed by atoms with E-state index in [0.29, 0.717) is 17.3 Å². The molecule has 3 rings (SSSR count). The average Bonchev–Trinajstić information content (AvgIpc) is 2.74. The lowest BCUT2D eigenvalue weighted by atomic mass is 10.1. The lowest BCUT2D eigenvalue weighted by molar-refractivity contribution is 0.174. The van der Waals surface area contributed by atoms with E-state index in [1.807, 2.05) is 19.1 Å². The highest BCUT2D eigenvalue weighted by atomic mass is 16.7. The first-order valence-corrected chi connectivity index (χ1v) is 5.24. The molecule has 0 bridgehead atoms. The lowest BCUT2D eigenvalue weighted by Crippen LogP contribution is -1.98. The summed E-state index contributed by atoms with van der Waals surface area (Å²) in [5, 5.41) is 0. The van der Waals surface area contributed by atoms with Crippen molar-refractivity contribution in [3.8, 4) is 22.8 Å². The average molecular weight is 230 g/mol. The molecule has 2 aromatic rings. The van der Waals surface area contributed by atoms with Crippen molar-refractivity contribution >= 4 is 0 Å². The van der Waals surface area contributed by atoms with E-state index in [0.717, 1.165) is 11.1 Å². The molecule has 17 heavy (non-hydrogen) atoms. The smallest absolute Gasteiger partial charge is 0.336 e. The Morgan fingerprint density at radius 1 is 1.06 bits per heavy atom. The van der Waals surface area contributed by atoms with Gasteiger partial charge in [-0.15, -0.1) is 0 Å². The fourth-order valence-electron chi connectivity index (χ4n) is 1.79. The van der Waals surface area contributed by atoms with Crippen LogP contribution in [0.5, 0.6) is 11.5 Å². The molecule has 0 N–H and O–H groups in total. The number of hydrogen-bond acceptors (Lipinski definition) is 4. The third-order valence-electron chi connectivity index (χ3n) is 2.57. The van der Waals surface area contributed by atoms with Crippen LogP contribution in [-0.2, 0) is 0 Å². The minimum atomic E-state index is -0.349. The summed E-state index contributed by atoms with van der Waals surface area (Å²) in [7, 11) is 0. The van der Waals surface area contributed by atoms with Gasteiger partial charge in [-0.05, 0) is 36.8 Å². The van der Waals surface area contributed by atoms with Crippen LogP contribution < -0.4 is 15.1 Å². The summed E-state index contributed by atoms with van der Waals surface area (Å²) in [5.41, 5.74) is 1.32. The highest BCUT2D eigenvalue weighted by Gasteiger charge is 2.14. The summed E-state index contributed by atoms with van der Waals surface area (Å²) in [5.74, 6) is 1.92. The van der Waals surface area contributed by atoms with E-state index in [4.69, 9.17) is 13.9 Å². The fourth-order valence-corrected chi connectivity index (χ4v) is 1.79. The van der Waals surface area contributed by atoms with Gasteiger partial charge in [0.2, 0.25) is 6.79 Å². The summed E-state index contributed by atoms with van der Waals surface area (Å²) in [6.07, 6.45) is 0. The Hall–Kier alpha value is -2.23. The summed E-state index contributed by atoms with van der Waals surface area (Å²) in [4.78, 5) is 11.3. The van der Waals surface area contributed by atoms with Crippen LogP contribution in [0.15, 0.2) is 39.5 Å². The summed E-state index contributed by atoms with van der Waals surface area (Å²) >= 11 is 0. The molecular formula is C13H10O4. The number of hydrogen-bond donors (Lipinski definition) is 0. The molecule has 2 heterocycles. The largest absolute Gasteiger partial charge is 0.454 e. The van der Waals surface area contributed by atoms with E-state index in [-0.39, 0.29) is 12.4 Å². The maximum Gasteiger partial charge on any atom is 0.336 e. The van der Waals surface area contributed by atoms with Crippen molar-refractivity contribution in [2.75, 3.05) is 6.79 Å². The Labute approximate surface area is 97.4 Å². The number of fused-ring (bicyclic) bond motifs is 1. The zero-order valence-corrected chi connectivity index (χ0v) is 9.23. The number of rotatable bonds is 1. The van der Waals surface area contributed by atoms with Gasteiger partial charge < -0.3 is 13.9 Å². The van der Waals surface area contributed by atoms with Gasteiger partial charge in [-0.2, -0.15) is 0 Å². The molecule has 0 fully saturated rings. The molecule has 0 saturated carbocycles. The van der Waals surface area contributed by atoms with E-state index in [1.165, 1.54) is 6.07 Å². The van der Waals surface area contributed by atoms with Crippen LogP contribution in [0.25, 0.3) is 11.3 Å². The Morgan fingerprint density at radius 3 is 2.71 bits per heavy atom. The fraction of sp³-hybridized carbons (Fsp3) is 0.154. The molecular weight excluding hydrogens is 220 g/mol. The van der Waals surface area contributed by atoms with Crippen LogP contribution in [0.4, 0.5) is 0 Å². The van der Waals surface area contributed by atoms with Crippen molar-refractivity contribution in [1.29, 1.82) is 0 Å². The van der Waals surface area contributed by atoms with E-state index in [9.17, 15) is 4.79 Å². The van der Waals surface area contributed by atoms with Gasteiger partial charge in [0, 0.05) is 11.6 Å². The third-order valence-corrected chi connectivity index (χ3v) is 2.57. The molecule has 1 aliphatic heterocycles. The van der Waals surface area contributed by atoms with Crippen LogP contribution in [0.1, 0.15) is 5.56 Å². The zero-order chi connectivity index (χ0) is 11.8. The molecule has 0 spiro atoms. The van der Waals surface area contributed by atoms with Crippen LogP contribution in [0.3, 0.4) is 0 Å². The topological polar surface area (TPSA) is 48.7 Å². The van der Waals surface area contributed by atoms with Crippen molar-refractivity contribution in [2.24, 2.45) is 0 Å². The molecule has 0 aliphatic carbocycles. The van der Waals surface area contributed by atoms with E-state index in [2.05, 4.69) is 0 Å². The highest BCUT2D eigenvalue weighted by molar-refractivity contribution is 5.63. The monoisotopic (exact) mass is 230 g/mol. The lowest BCUT2D eigenvalue weighted by Gasteiger charge is -2.02. The van der Waals surface area contributed by atoms with E-state index >= 15 is 0 Å². The van der Waals surface area contributed by atoms with Crippen molar-refractivity contribution in [1.82, 2.24) is 0 Å². The van der Waals surface area contributed by atoms with Gasteiger partial charge in [-0.3, -0.25) is 0 Å². The molecule has 86 valence electrons. The van der Waals surface area contributed by atoms with Gasteiger partial charge in [0.15, 0.2) is 11.5 Å². The molecule has 0 atom stereocenters. The van der Waals surface area contributed by atoms with Crippen LogP contribution in [-0.4, -0.2) is 6.79 Å². The van der Waals surface area contributed by atoms with Gasteiger partial charge in [-0.1, -0.05) is 0 Å². The highest BCUT2D eigenvalue weighted by Crippen LogP contribution is 2.35. The predicted molar refractivity (Wildman–Crippen MR) is 61.3 cm³/mol. The minimum Gasteiger partial charge on any atom is -0.454 e. The van der Waals surface area contributed by atoms with Gasteiger partial charge in [-0.25, -0.2) is 4.79 Å². The van der Waals surface area contributed by atoms with E-state index in [1.54, 1.807) is 12.1 Å². The Balaban J connectivity index is 2.12. The van der Waals surface area contributed by atoms with Gasteiger partial charge in [0.1, 0.15) is 5.76 Å². The summed E-state index contributed by atoms with van der Waals surface area (Å²) in [6, 6.07) is 8.72. The van der Waals surface area contributed by atoms with Crippen LogP contribution >= 0.6 is 0 Å². The molecule has 1 aromatic carbocycles. The quantitative estimate of drug-likeness (QED) is 0.754. The van der Waals surface area contributed by atoms with Crippen LogP contribution in [0, 0.1) is 6.92 Å². The van der Waals surface area contributed by atoms with Crippen molar-refractivity contribution in [3.63, 3.8) is 0 Å². The zero-order valence-electron chi connectivity index (χ0n) is 9.23. The minimum absolute atomic E-state index is 0.233. The standard InChI is InChI=1S/C13H10O4/c1-8-4-11(17-13(14)5-8)9-2-3-10-12(6-9)16-7-15-10/h2-6H,7H2,1H3. The Kier molecular flexibility index (Phi) is 2.14. The van der Waals surface area contributed by atoms with Crippen molar-refractivity contribution in [3.05, 3.63) is 46.3 Å². The second kappa shape index (κ2) is 3.66. The number of benzene rings is 1. The van der Waals surface area contributed by atoms with E-state index < -0.39 is 0 Å². The first kappa shape index (κ1) is 9.96. The van der Waals surface area contributed by atoms with Gasteiger partial charge in [0.05, 0.1) is 0 Å². The predicted octanol–water partition coefficient (Wildman–Crippen LogP) is 2.34. The molecule has 1 aromatic heterocycles. The molecule has 4 heteroatoms. The molecule has 0 amide bonds. The second-order valence-corrected chi connectivity index (χ2v) is 3.89. The van der Waals surface area contributed by atoms with Gasteiger partial charge >= 0.3 is 5.63 Å². The maximum absolute atomic E-state index is 11.3. The number of ether oxygens (including phenoxy) is 2. The maximum atomic E-state index is 11.3. The second-order valence-electron chi connectivity index (χ2n) is 3.89. The van der Waals surface area contributed by atoms with Crippen molar-refractivity contribution in [2.45, 2.75) is 6.92 Å². The third kappa shape index (κ3) is 1.78. The molecule has 4 nitrogen and oxygen atoms in total. The molecule has 0 unspecified atom stereocenters. The molecule has 0 radical (unpaired) electrons.